The van der Waals surface area contributed by atoms with Gasteiger partial charge in [-0.3, -0.25) is 4.79 Å². The smallest absolute Gasteiger partial charge is 0.407 e. The normalized spacial score (nSPS) is 10.7. The monoisotopic (exact) mass is 309 g/mol. The molecule has 0 aliphatic carbocycles. The fourth-order valence-electron chi connectivity index (χ4n) is 1.49. The van der Waals surface area contributed by atoms with Crippen LogP contribution in [0.1, 0.15) is 37.7 Å². The predicted octanol–water partition coefficient (Wildman–Crippen LogP) is 1.16. The molecule has 0 aliphatic heterocycles. The lowest BCUT2D eigenvalue weighted by atomic mass is 10.2. The molecule has 0 saturated heterocycles. The van der Waals surface area contributed by atoms with Crippen LogP contribution in [0.3, 0.4) is 0 Å². The van der Waals surface area contributed by atoms with E-state index in [-0.39, 0.29) is 11.6 Å². The van der Waals surface area contributed by atoms with Crippen LogP contribution >= 0.6 is 0 Å². The minimum atomic E-state index is -0.496. The van der Waals surface area contributed by atoms with Gasteiger partial charge in [-0.15, -0.1) is 10.2 Å². The third kappa shape index (κ3) is 6.87. The van der Waals surface area contributed by atoms with Gasteiger partial charge in [0, 0.05) is 20.1 Å². The zero-order valence-corrected chi connectivity index (χ0v) is 13.4. The van der Waals surface area contributed by atoms with Crippen molar-refractivity contribution in [2.75, 3.05) is 25.5 Å². The van der Waals surface area contributed by atoms with Gasteiger partial charge in [0.1, 0.15) is 11.4 Å². The molecular formula is C14H23N5O3. The molecule has 8 heteroatoms. The first kappa shape index (κ1) is 17.7. The van der Waals surface area contributed by atoms with Gasteiger partial charge in [0.15, 0.2) is 5.69 Å². The van der Waals surface area contributed by atoms with Crippen molar-refractivity contribution in [3.05, 3.63) is 17.8 Å². The molecule has 8 nitrogen and oxygen atoms in total. The average molecular weight is 309 g/mol. The highest BCUT2D eigenvalue weighted by molar-refractivity contribution is 5.91. The Kier molecular flexibility index (Phi) is 6.55. The van der Waals surface area contributed by atoms with Gasteiger partial charge in [-0.05, 0) is 39.3 Å². The second-order valence-electron chi connectivity index (χ2n) is 5.59. The first-order valence-corrected chi connectivity index (χ1v) is 7.08. The molecule has 0 aromatic carbocycles. The number of hydrogen-bond donors (Lipinski definition) is 3. The van der Waals surface area contributed by atoms with Gasteiger partial charge >= 0.3 is 6.09 Å². The van der Waals surface area contributed by atoms with Crippen LogP contribution in [-0.2, 0) is 4.74 Å². The van der Waals surface area contributed by atoms with Crippen molar-refractivity contribution in [3.8, 4) is 0 Å². The fourth-order valence-corrected chi connectivity index (χ4v) is 1.49. The molecule has 1 heterocycles. The number of rotatable bonds is 6. The van der Waals surface area contributed by atoms with Crippen LogP contribution in [0.25, 0.3) is 0 Å². The van der Waals surface area contributed by atoms with Gasteiger partial charge in [-0.2, -0.15) is 0 Å². The van der Waals surface area contributed by atoms with E-state index in [0.29, 0.717) is 25.3 Å². The number of ether oxygens (including phenoxy) is 1. The minimum absolute atomic E-state index is 0.264. The van der Waals surface area contributed by atoms with E-state index in [0.717, 1.165) is 0 Å². The zero-order chi connectivity index (χ0) is 16.6. The van der Waals surface area contributed by atoms with Crippen molar-refractivity contribution < 1.29 is 14.3 Å². The van der Waals surface area contributed by atoms with E-state index in [4.69, 9.17) is 4.74 Å². The second-order valence-corrected chi connectivity index (χ2v) is 5.59. The van der Waals surface area contributed by atoms with Gasteiger partial charge < -0.3 is 20.7 Å². The first-order valence-electron chi connectivity index (χ1n) is 7.08. The minimum Gasteiger partial charge on any atom is -0.444 e. The molecule has 0 saturated carbocycles. The van der Waals surface area contributed by atoms with Gasteiger partial charge in [-0.25, -0.2) is 4.79 Å². The molecule has 0 atom stereocenters. The standard InChI is InChI=1S/C14H23N5O3/c1-14(2,3)22-13(21)17-9-5-8-16-11-7-6-10(18-19-11)12(20)15-4/h6-7H,5,8-9H2,1-4H3,(H,15,20)(H,16,19)(H,17,21). The summed E-state index contributed by atoms with van der Waals surface area (Å²) in [5.41, 5.74) is -0.232. The fraction of sp³-hybridized carbons (Fsp3) is 0.571. The molecule has 122 valence electrons. The highest BCUT2D eigenvalue weighted by atomic mass is 16.6. The van der Waals surface area contributed by atoms with Crippen molar-refractivity contribution in [2.24, 2.45) is 0 Å². The van der Waals surface area contributed by atoms with Gasteiger partial charge in [0.25, 0.3) is 5.91 Å². The van der Waals surface area contributed by atoms with Crippen LogP contribution in [0, 0.1) is 0 Å². The number of carbonyl (C=O) groups excluding carboxylic acids is 2. The predicted molar refractivity (Wildman–Crippen MR) is 82.8 cm³/mol. The van der Waals surface area contributed by atoms with E-state index in [1.165, 1.54) is 7.05 Å². The molecule has 0 bridgehead atoms. The van der Waals surface area contributed by atoms with Crippen LogP contribution < -0.4 is 16.0 Å². The maximum atomic E-state index is 11.4. The van der Waals surface area contributed by atoms with Crippen LogP contribution in [0.2, 0.25) is 0 Å². The molecule has 0 fully saturated rings. The lowest BCUT2D eigenvalue weighted by Crippen LogP contribution is -2.33. The third-order valence-electron chi connectivity index (χ3n) is 2.45. The Morgan fingerprint density at radius 3 is 2.45 bits per heavy atom. The molecule has 0 aliphatic rings. The lowest BCUT2D eigenvalue weighted by molar-refractivity contribution is 0.0527. The maximum absolute atomic E-state index is 11.4. The Balaban J connectivity index is 2.22. The summed E-state index contributed by atoms with van der Waals surface area (Å²) >= 11 is 0. The molecule has 0 spiro atoms. The summed E-state index contributed by atoms with van der Waals surface area (Å²) in [6.07, 6.45) is 0.278. The van der Waals surface area contributed by atoms with Crippen LogP contribution in [0.15, 0.2) is 12.1 Å². The highest BCUT2D eigenvalue weighted by Gasteiger charge is 2.15. The maximum Gasteiger partial charge on any atom is 0.407 e. The van der Waals surface area contributed by atoms with Crippen LogP contribution in [0.4, 0.5) is 10.6 Å². The van der Waals surface area contributed by atoms with Crippen LogP contribution in [0.5, 0.6) is 0 Å². The number of alkyl carbamates (subject to hydrolysis) is 1. The molecule has 1 rings (SSSR count). The summed E-state index contributed by atoms with van der Waals surface area (Å²) in [6, 6.07) is 3.27. The zero-order valence-electron chi connectivity index (χ0n) is 13.4. The number of carbonyl (C=O) groups is 2. The first-order chi connectivity index (χ1) is 10.3. The quantitative estimate of drug-likeness (QED) is 0.681. The topological polar surface area (TPSA) is 105 Å². The third-order valence-corrected chi connectivity index (χ3v) is 2.45. The number of hydrogen-bond acceptors (Lipinski definition) is 6. The molecule has 22 heavy (non-hydrogen) atoms. The molecule has 2 amide bonds. The van der Waals surface area contributed by atoms with E-state index in [9.17, 15) is 9.59 Å². The summed E-state index contributed by atoms with van der Waals surface area (Å²) in [5, 5.41) is 15.9. The number of anilines is 1. The van der Waals surface area contributed by atoms with E-state index in [2.05, 4.69) is 26.1 Å². The van der Waals surface area contributed by atoms with E-state index in [1.807, 2.05) is 20.8 Å². The number of amides is 2. The SMILES string of the molecule is CNC(=O)c1ccc(NCCCNC(=O)OC(C)(C)C)nn1. The highest BCUT2D eigenvalue weighted by Crippen LogP contribution is 2.06. The largest absolute Gasteiger partial charge is 0.444 e. The number of nitrogens with zero attached hydrogens (tertiary/aromatic N) is 2. The molecule has 1 aromatic heterocycles. The second kappa shape index (κ2) is 8.16. The number of nitrogens with one attached hydrogen (secondary N) is 3. The Hall–Kier alpha value is -2.38. The van der Waals surface area contributed by atoms with Crippen molar-refractivity contribution in [1.82, 2.24) is 20.8 Å². The molecule has 0 radical (unpaired) electrons. The van der Waals surface area contributed by atoms with Gasteiger partial charge in [0.05, 0.1) is 0 Å². The van der Waals surface area contributed by atoms with E-state index >= 15 is 0 Å². The van der Waals surface area contributed by atoms with Gasteiger partial charge in [-0.1, -0.05) is 0 Å². The molecule has 0 unspecified atom stereocenters. The lowest BCUT2D eigenvalue weighted by Gasteiger charge is -2.19. The van der Waals surface area contributed by atoms with Crippen molar-refractivity contribution in [3.63, 3.8) is 0 Å². The van der Waals surface area contributed by atoms with Crippen molar-refractivity contribution in [1.29, 1.82) is 0 Å². The Bertz CT molecular complexity index is 496. The van der Waals surface area contributed by atoms with Gasteiger partial charge in [0.2, 0.25) is 0 Å². The molecular weight excluding hydrogens is 286 g/mol. The van der Waals surface area contributed by atoms with Crippen LogP contribution in [-0.4, -0.2) is 47.9 Å². The summed E-state index contributed by atoms with van der Waals surface area (Å²) in [4.78, 5) is 22.7. The van der Waals surface area contributed by atoms with Crippen molar-refractivity contribution >= 4 is 17.8 Å². The summed E-state index contributed by atoms with van der Waals surface area (Å²) in [5.74, 6) is 0.297. The summed E-state index contributed by atoms with van der Waals surface area (Å²) in [7, 11) is 1.54. The molecule has 3 N–H and O–H groups in total. The van der Waals surface area contributed by atoms with E-state index < -0.39 is 11.7 Å². The summed E-state index contributed by atoms with van der Waals surface area (Å²) in [6.45, 7) is 6.55. The Morgan fingerprint density at radius 1 is 1.18 bits per heavy atom. The van der Waals surface area contributed by atoms with E-state index in [1.54, 1.807) is 12.1 Å². The Labute approximate surface area is 130 Å². The number of aromatic nitrogens is 2. The summed E-state index contributed by atoms with van der Waals surface area (Å²) < 4.78 is 5.12. The Morgan fingerprint density at radius 2 is 1.91 bits per heavy atom. The van der Waals surface area contributed by atoms with Crippen molar-refractivity contribution in [2.45, 2.75) is 32.8 Å². The average Bonchev–Trinajstić information content (AvgIpc) is 2.45. The molecule has 1 aromatic rings.